The summed E-state index contributed by atoms with van der Waals surface area (Å²) in [5, 5.41) is 10.7. The largest absolute Gasteiger partial charge is 0.466 e. The van der Waals surface area contributed by atoms with Crippen molar-refractivity contribution in [3.63, 3.8) is 0 Å². The fourth-order valence-electron chi connectivity index (χ4n) is 6.26. The van der Waals surface area contributed by atoms with Gasteiger partial charge in [-0.2, -0.15) is 0 Å². The lowest BCUT2D eigenvalue weighted by Crippen LogP contribution is -2.59. The number of rotatable bonds is 9. The maximum absolute atomic E-state index is 14.3. The zero-order valence-corrected chi connectivity index (χ0v) is 21.2. The zero-order valence-electron chi connectivity index (χ0n) is 20.4. The Hall–Kier alpha value is -2.42. The van der Waals surface area contributed by atoms with E-state index in [1.54, 1.807) is 42.2 Å². The van der Waals surface area contributed by atoms with Gasteiger partial charge in [0.25, 0.3) is 5.91 Å². The minimum atomic E-state index is -1.19. The van der Waals surface area contributed by atoms with Gasteiger partial charge in [-0.1, -0.05) is 24.6 Å². The van der Waals surface area contributed by atoms with Crippen LogP contribution in [-0.4, -0.2) is 70.8 Å². The first-order valence-electron chi connectivity index (χ1n) is 12.2. The number of carbonyl (C=O) groups is 3. The van der Waals surface area contributed by atoms with E-state index >= 15 is 0 Å². The lowest BCUT2D eigenvalue weighted by molar-refractivity contribution is -0.160. The van der Waals surface area contributed by atoms with Gasteiger partial charge in [0.05, 0.1) is 30.8 Å². The Labute approximate surface area is 210 Å². The number of amides is 2. The van der Waals surface area contributed by atoms with Crippen molar-refractivity contribution in [1.29, 1.82) is 0 Å². The van der Waals surface area contributed by atoms with E-state index in [4.69, 9.17) is 21.1 Å². The Morgan fingerprint density at radius 3 is 2.60 bits per heavy atom. The van der Waals surface area contributed by atoms with Gasteiger partial charge in [0.2, 0.25) is 5.91 Å². The fraction of sp³-hybridized carbons (Fsp3) is 0.577. The highest BCUT2D eigenvalue weighted by atomic mass is 35.5. The molecule has 1 aromatic rings. The monoisotopic (exact) mass is 504 g/mol. The summed E-state index contributed by atoms with van der Waals surface area (Å²) in [7, 11) is 0. The number of carbonyl (C=O) groups excluding carboxylic acids is 3. The standard InChI is InChI=1S/C26H33ClN2O6/c1-5-14-28(18-10-8-16(27)9-11-18)23(32)21-26-13-12-25(4,35-26)20(24(33)34-7-3)19(26)22(31)29(21)17(6-2)15-30/h5,8-11,17,19-21,30H,1,6-7,12-15H2,2-4H3/t17-,19-,20+,21?,25-,26?/m0/s1. The maximum atomic E-state index is 14.3. The topological polar surface area (TPSA) is 96.4 Å². The van der Waals surface area contributed by atoms with Crippen molar-refractivity contribution in [3.8, 4) is 0 Å². The van der Waals surface area contributed by atoms with E-state index in [1.807, 2.05) is 13.8 Å². The van der Waals surface area contributed by atoms with Gasteiger partial charge in [0, 0.05) is 17.3 Å². The first kappa shape index (κ1) is 25.7. The second-order valence-corrected chi connectivity index (χ2v) is 10.1. The van der Waals surface area contributed by atoms with E-state index in [9.17, 15) is 19.5 Å². The third kappa shape index (κ3) is 3.86. The Bertz CT molecular complexity index is 1010. The zero-order chi connectivity index (χ0) is 25.5. The number of aliphatic hydroxyl groups excluding tert-OH is 1. The Kier molecular flexibility index (Phi) is 7.01. The molecule has 2 bridgehead atoms. The molecule has 1 spiro atoms. The lowest BCUT2D eigenvalue weighted by Gasteiger charge is -2.39. The number of ether oxygens (including phenoxy) is 2. The number of hydrogen-bond donors (Lipinski definition) is 1. The minimum absolute atomic E-state index is 0.184. The molecule has 8 nitrogen and oxygen atoms in total. The molecular formula is C26H33ClN2O6. The highest BCUT2D eigenvalue weighted by Crippen LogP contribution is 2.63. The molecule has 1 N–H and O–H groups in total. The smallest absolute Gasteiger partial charge is 0.312 e. The van der Waals surface area contributed by atoms with Crippen LogP contribution in [0.2, 0.25) is 5.02 Å². The van der Waals surface area contributed by atoms with Crippen LogP contribution in [0, 0.1) is 11.8 Å². The van der Waals surface area contributed by atoms with Gasteiger partial charge >= 0.3 is 5.97 Å². The molecule has 6 atom stereocenters. The van der Waals surface area contributed by atoms with Gasteiger partial charge in [0.15, 0.2) is 0 Å². The third-order valence-electron chi connectivity index (χ3n) is 7.78. The summed E-state index contributed by atoms with van der Waals surface area (Å²) in [6.45, 7) is 9.28. The van der Waals surface area contributed by atoms with Crippen LogP contribution in [0.3, 0.4) is 0 Å². The molecule has 4 rings (SSSR count). The van der Waals surface area contributed by atoms with E-state index in [-0.39, 0.29) is 31.6 Å². The molecule has 0 aromatic heterocycles. The summed E-state index contributed by atoms with van der Waals surface area (Å²) in [6, 6.07) is 5.26. The van der Waals surface area contributed by atoms with Gasteiger partial charge in [-0.05, 0) is 57.4 Å². The molecule has 3 aliphatic rings. The van der Waals surface area contributed by atoms with Gasteiger partial charge < -0.3 is 24.4 Å². The van der Waals surface area contributed by atoms with Crippen molar-refractivity contribution in [2.45, 2.75) is 63.3 Å². The molecule has 0 radical (unpaired) electrons. The predicted molar refractivity (Wildman–Crippen MR) is 131 cm³/mol. The van der Waals surface area contributed by atoms with E-state index in [2.05, 4.69) is 6.58 Å². The van der Waals surface area contributed by atoms with Crippen LogP contribution in [0.1, 0.15) is 40.0 Å². The molecule has 3 fully saturated rings. The predicted octanol–water partition coefficient (Wildman–Crippen LogP) is 2.96. The van der Waals surface area contributed by atoms with E-state index in [0.717, 1.165) is 0 Å². The normalized spacial score (nSPS) is 31.9. The van der Waals surface area contributed by atoms with Gasteiger partial charge in [0.1, 0.15) is 17.6 Å². The molecule has 9 heteroatoms. The van der Waals surface area contributed by atoms with Crippen LogP contribution in [0.25, 0.3) is 0 Å². The van der Waals surface area contributed by atoms with Crippen LogP contribution in [0.15, 0.2) is 36.9 Å². The highest BCUT2D eigenvalue weighted by Gasteiger charge is 2.79. The van der Waals surface area contributed by atoms with Crippen molar-refractivity contribution in [2.75, 3.05) is 24.7 Å². The second kappa shape index (κ2) is 9.56. The maximum Gasteiger partial charge on any atom is 0.312 e. The summed E-state index contributed by atoms with van der Waals surface area (Å²) in [6.07, 6.45) is 3.03. The third-order valence-corrected chi connectivity index (χ3v) is 8.03. The van der Waals surface area contributed by atoms with E-state index < -0.39 is 41.1 Å². The average Bonchev–Trinajstić information content (AvgIpc) is 3.40. The number of esters is 1. The summed E-state index contributed by atoms with van der Waals surface area (Å²) >= 11 is 6.06. The average molecular weight is 505 g/mol. The van der Waals surface area contributed by atoms with Crippen LogP contribution < -0.4 is 4.90 Å². The van der Waals surface area contributed by atoms with Crippen molar-refractivity contribution in [2.24, 2.45) is 11.8 Å². The molecule has 3 saturated heterocycles. The quantitative estimate of drug-likeness (QED) is 0.410. The molecule has 2 amide bonds. The fourth-order valence-corrected chi connectivity index (χ4v) is 6.39. The summed E-state index contributed by atoms with van der Waals surface area (Å²) in [5.74, 6) is -2.85. The second-order valence-electron chi connectivity index (χ2n) is 9.68. The molecule has 35 heavy (non-hydrogen) atoms. The van der Waals surface area contributed by atoms with E-state index in [0.29, 0.717) is 30.0 Å². The number of fused-ring (bicyclic) bond motifs is 1. The highest BCUT2D eigenvalue weighted by molar-refractivity contribution is 6.30. The Morgan fingerprint density at radius 1 is 1.34 bits per heavy atom. The first-order chi connectivity index (χ1) is 16.7. The van der Waals surface area contributed by atoms with Crippen LogP contribution in [0.5, 0.6) is 0 Å². The number of hydrogen-bond acceptors (Lipinski definition) is 6. The number of aliphatic hydroxyl groups is 1. The number of nitrogens with zero attached hydrogens (tertiary/aromatic N) is 2. The Balaban J connectivity index is 1.84. The lowest BCUT2D eigenvalue weighted by atomic mass is 9.66. The van der Waals surface area contributed by atoms with Crippen molar-refractivity contribution < 1.29 is 29.0 Å². The number of anilines is 1. The molecule has 0 aliphatic carbocycles. The summed E-state index contributed by atoms with van der Waals surface area (Å²) in [5.41, 5.74) is -1.49. The first-order valence-corrected chi connectivity index (χ1v) is 12.5. The molecular weight excluding hydrogens is 472 g/mol. The molecule has 0 saturated carbocycles. The van der Waals surface area contributed by atoms with Crippen LogP contribution in [0.4, 0.5) is 5.69 Å². The summed E-state index contributed by atoms with van der Waals surface area (Å²) < 4.78 is 11.9. The molecule has 190 valence electrons. The molecule has 1 aromatic carbocycles. The number of likely N-dealkylation sites (tertiary alicyclic amines) is 1. The molecule has 3 heterocycles. The van der Waals surface area contributed by atoms with Crippen molar-refractivity contribution in [3.05, 3.63) is 41.9 Å². The van der Waals surface area contributed by atoms with Gasteiger partial charge in [-0.3, -0.25) is 14.4 Å². The van der Waals surface area contributed by atoms with Crippen molar-refractivity contribution in [1.82, 2.24) is 4.90 Å². The van der Waals surface area contributed by atoms with Gasteiger partial charge in [-0.25, -0.2) is 0 Å². The van der Waals surface area contributed by atoms with Gasteiger partial charge in [-0.15, -0.1) is 6.58 Å². The number of halogens is 1. The minimum Gasteiger partial charge on any atom is -0.466 e. The van der Waals surface area contributed by atoms with Crippen LogP contribution >= 0.6 is 11.6 Å². The van der Waals surface area contributed by atoms with E-state index in [1.165, 1.54) is 4.90 Å². The Morgan fingerprint density at radius 2 is 2.03 bits per heavy atom. The molecule has 3 aliphatic heterocycles. The SMILES string of the molecule is C=CCN(C(=O)C1N([C@@H](CC)CO)C(=O)[C@@H]2[C@H](C(=O)OCC)[C@]3(C)CCC12O3)c1ccc(Cl)cc1. The van der Waals surface area contributed by atoms with Crippen molar-refractivity contribution >= 4 is 35.1 Å². The summed E-state index contributed by atoms with van der Waals surface area (Å²) in [4.78, 5) is 44.4. The molecule has 2 unspecified atom stereocenters. The number of benzene rings is 1. The van der Waals surface area contributed by atoms with Crippen LogP contribution in [-0.2, 0) is 23.9 Å².